The third kappa shape index (κ3) is 3.40. The molecule has 0 atom stereocenters. The Morgan fingerprint density at radius 2 is 2.00 bits per heavy atom. The Morgan fingerprint density at radius 3 is 2.57 bits per heavy atom. The molecule has 0 unspecified atom stereocenters. The maximum absolute atomic E-state index is 10.9. The summed E-state index contributed by atoms with van der Waals surface area (Å²) in [6.07, 6.45) is 1.51. The standard InChI is InChI=1S/C12H15IO/c1-9(2)11-6-4-3-5-10(11)7-8-12(13)14/h3-6,9H,7-8H2,1-2H3. The summed E-state index contributed by atoms with van der Waals surface area (Å²) in [5.74, 6) is 0.538. The molecule has 0 aliphatic rings. The van der Waals surface area contributed by atoms with E-state index in [-0.39, 0.29) is 3.79 Å². The largest absolute Gasteiger partial charge is 0.288 e. The van der Waals surface area contributed by atoms with E-state index in [1.165, 1.54) is 11.1 Å². The SMILES string of the molecule is CC(C)c1ccccc1CCC(=O)I. The molecule has 1 aromatic carbocycles. The molecule has 14 heavy (non-hydrogen) atoms. The van der Waals surface area contributed by atoms with Crippen LogP contribution in [0.5, 0.6) is 0 Å². The average molecular weight is 302 g/mol. The van der Waals surface area contributed by atoms with Crippen molar-refractivity contribution in [1.82, 2.24) is 0 Å². The zero-order valence-electron chi connectivity index (χ0n) is 8.59. The fourth-order valence-corrected chi connectivity index (χ4v) is 1.83. The van der Waals surface area contributed by atoms with Gasteiger partial charge >= 0.3 is 0 Å². The molecule has 0 radical (unpaired) electrons. The van der Waals surface area contributed by atoms with Crippen molar-refractivity contribution in [3.8, 4) is 0 Å². The normalized spacial score (nSPS) is 10.6. The minimum absolute atomic E-state index is 0.237. The van der Waals surface area contributed by atoms with Gasteiger partial charge in [0.2, 0.25) is 0 Å². The molecular weight excluding hydrogens is 287 g/mol. The minimum Gasteiger partial charge on any atom is -0.288 e. The van der Waals surface area contributed by atoms with Crippen molar-refractivity contribution >= 4 is 26.4 Å². The van der Waals surface area contributed by atoms with Crippen molar-refractivity contribution in [2.75, 3.05) is 0 Å². The predicted molar refractivity (Wildman–Crippen MR) is 67.9 cm³/mol. The number of hydrogen-bond donors (Lipinski definition) is 0. The molecule has 2 heteroatoms. The Balaban J connectivity index is 2.79. The zero-order valence-corrected chi connectivity index (χ0v) is 10.7. The van der Waals surface area contributed by atoms with E-state index in [1.807, 2.05) is 28.7 Å². The van der Waals surface area contributed by atoms with Gasteiger partial charge in [0.15, 0.2) is 3.79 Å². The van der Waals surface area contributed by atoms with Gasteiger partial charge in [-0.25, -0.2) is 0 Å². The monoisotopic (exact) mass is 302 g/mol. The Morgan fingerprint density at radius 1 is 1.36 bits per heavy atom. The van der Waals surface area contributed by atoms with Crippen LogP contribution in [-0.2, 0) is 11.2 Å². The van der Waals surface area contributed by atoms with Crippen molar-refractivity contribution in [1.29, 1.82) is 0 Å². The molecule has 0 fully saturated rings. The van der Waals surface area contributed by atoms with Crippen LogP contribution >= 0.6 is 22.6 Å². The lowest BCUT2D eigenvalue weighted by molar-refractivity contribution is -0.109. The third-order valence-electron chi connectivity index (χ3n) is 2.27. The highest BCUT2D eigenvalue weighted by Crippen LogP contribution is 2.20. The van der Waals surface area contributed by atoms with Gasteiger partial charge in [0.05, 0.1) is 0 Å². The third-order valence-corrected chi connectivity index (χ3v) is 2.81. The molecule has 0 aliphatic heterocycles. The molecule has 1 rings (SSSR count). The number of rotatable bonds is 4. The van der Waals surface area contributed by atoms with Gasteiger partial charge in [0.1, 0.15) is 0 Å². The van der Waals surface area contributed by atoms with Gasteiger partial charge < -0.3 is 0 Å². The first-order valence-electron chi connectivity index (χ1n) is 4.87. The average Bonchev–Trinajstić information content (AvgIpc) is 2.15. The van der Waals surface area contributed by atoms with E-state index in [2.05, 4.69) is 32.0 Å². The van der Waals surface area contributed by atoms with Gasteiger partial charge in [-0.2, -0.15) is 0 Å². The second kappa shape index (κ2) is 5.49. The molecule has 0 bridgehead atoms. The lowest BCUT2D eigenvalue weighted by atomic mass is 9.95. The fraction of sp³-hybridized carbons (Fsp3) is 0.417. The zero-order chi connectivity index (χ0) is 10.6. The van der Waals surface area contributed by atoms with Crippen LogP contribution in [0.15, 0.2) is 24.3 Å². The molecule has 0 amide bonds. The molecule has 0 aliphatic carbocycles. The summed E-state index contributed by atoms with van der Waals surface area (Å²) in [4.78, 5) is 10.9. The summed E-state index contributed by atoms with van der Waals surface area (Å²) < 4.78 is 0.237. The quantitative estimate of drug-likeness (QED) is 0.612. The van der Waals surface area contributed by atoms with Crippen molar-refractivity contribution in [3.05, 3.63) is 35.4 Å². The van der Waals surface area contributed by atoms with E-state index in [0.717, 1.165) is 6.42 Å². The topological polar surface area (TPSA) is 17.1 Å². The highest BCUT2D eigenvalue weighted by Gasteiger charge is 2.06. The molecule has 1 nitrogen and oxygen atoms in total. The number of aryl methyl sites for hydroxylation is 1. The summed E-state index contributed by atoms with van der Waals surface area (Å²) >= 11 is 1.86. The van der Waals surface area contributed by atoms with Crippen LogP contribution in [0.2, 0.25) is 0 Å². The van der Waals surface area contributed by atoms with Crippen LogP contribution in [0, 0.1) is 0 Å². The smallest absolute Gasteiger partial charge is 0.192 e. The Kier molecular flexibility index (Phi) is 4.58. The van der Waals surface area contributed by atoms with Crippen LogP contribution in [0.3, 0.4) is 0 Å². The number of benzene rings is 1. The van der Waals surface area contributed by atoms with Crippen molar-refractivity contribution in [3.63, 3.8) is 0 Å². The molecule has 76 valence electrons. The van der Waals surface area contributed by atoms with E-state index in [1.54, 1.807) is 0 Å². The molecule has 0 saturated carbocycles. The van der Waals surface area contributed by atoms with Crippen LogP contribution in [-0.4, -0.2) is 3.79 Å². The van der Waals surface area contributed by atoms with Gasteiger partial charge in [-0.1, -0.05) is 38.1 Å². The maximum atomic E-state index is 10.9. The highest BCUT2D eigenvalue weighted by atomic mass is 127. The molecule has 0 aromatic heterocycles. The van der Waals surface area contributed by atoms with Crippen LogP contribution < -0.4 is 0 Å². The second-order valence-corrected chi connectivity index (χ2v) is 4.91. The fourth-order valence-electron chi connectivity index (χ4n) is 1.56. The Bertz CT molecular complexity index is 318. The first-order valence-corrected chi connectivity index (χ1v) is 5.95. The maximum Gasteiger partial charge on any atom is 0.192 e. The summed E-state index contributed by atoms with van der Waals surface area (Å²) in [5.41, 5.74) is 2.68. The van der Waals surface area contributed by atoms with Gasteiger partial charge in [-0.05, 0) is 46.1 Å². The van der Waals surface area contributed by atoms with Crippen LogP contribution in [0.25, 0.3) is 0 Å². The van der Waals surface area contributed by atoms with Gasteiger partial charge in [-0.15, -0.1) is 0 Å². The summed E-state index contributed by atoms with van der Waals surface area (Å²) in [6, 6.07) is 8.37. The molecule has 0 heterocycles. The highest BCUT2D eigenvalue weighted by molar-refractivity contribution is 14.1. The lowest BCUT2D eigenvalue weighted by Crippen LogP contribution is -1.98. The number of carbonyl (C=O) groups is 1. The molecule has 1 aromatic rings. The number of carbonyl (C=O) groups excluding carboxylic acids is 1. The van der Waals surface area contributed by atoms with Crippen LogP contribution in [0.4, 0.5) is 0 Å². The summed E-state index contributed by atoms with van der Waals surface area (Å²) in [6.45, 7) is 4.37. The van der Waals surface area contributed by atoms with E-state index in [0.29, 0.717) is 12.3 Å². The van der Waals surface area contributed by atoms with Crippen molar-refractivity contribution in [2.45, 2.75) is 32.6 Å². The van der Waals surface area contributed by atoms with Gasteiger partial charge in [0, 0.05) is 6.42 Å². The number of hydrogen-bond acceptors (Lipinski definition) is 1. The van der Waals surface area contributed by atoms with Crippen molar-refractivity contribution in [2.24, 2.45) is 0 Å². The van der Waals surface area contributed by atoms with Crippen LogP contribution in [0.1, 0.15) is 37.3 Å². The van der Waals surface area contributed by atoms with E-state index in [4.69, 9.17) is 0 Å². The predicted octanol–water partition coefficient (Wildman–Crippen LogP) is 3.70. The second-order valence-electron chi connectivity index (χ2n) is 3.71. The number of halogens is 1. The van der Waals surface area contributed by atoms with Gasteiger partial charge in [-0.3, -0.25) is 4.79 Å². The first-order chi connectivity index (χ1) is 6.61. The van der Waals surface area contributed by atoms with E-state index >= 15 is 0 Å². The summed E-state index contributed by atoms with van der Waals surface area (Å²) in [5, 5.41) is 0. The minimum atomic E-state index is 0.237. The van der Waals surface area contributed by atoms with E-state index in [9.17, 15) is 4.79 Å². The van der Waals surface area contributed by atoms with E-state index < -0.39 is 0 Å². The molecule has 0 saturated heterocycles. The Labute approximate surface area is 99.0 Å². The molecule has 0 spiro atoms. The Hall–Kier alpha value is -0.380. The lowest BCUT2D eigenvalue weighted by Gasteiger charge is -2.11. The summed E-state index contributed by atoms with van der Waals surface area (Å²) in [7, 11) is 0. The molecular formula is C12H15IO. The first kappa shape index (κ1) is 11.7. The van der Waals surface area contributed by atoms with Crippen molar-refractivity contribution < 1.29 is 4.79 Å². The van der Waals surface area contributed by atoms with Gasteiger partial charge in [0.25, 0.3) is 0 Å². The molecule has 0 N–H and O–H groups in total.